The Labute approximate surface area is 163 Å². The van der Waals surface area contributed by atoms with E-state index >= 15 is 0 Å². The maximum atomic E-state index is 12.7. The van der Waals surface area contributed by atoms with Crippen LogP contribution in [0.15, 0.2) is 36.7 Å². The fourth-order valence-electron chi connectivity index (χ4n) is 4.07. The van der Waals surface area contributed by atoms with Gasteiger partial charge in [-0.1, -0.05) is 0 Å². The highest BCUT2D eigenvalue weighted by molar-refractivity contribution is 5.93. The molecule has 0 spiro atoms. The number of carbonyl (C=O) groups excluding carboxylic acids is 1. The first-order valence-electron chi connectivity index (χ1n) is 9.79. The molecule has 2 aliphatic rings. The number of carbonyl (C=O) groups is 1. The number of ether oxygens (including phenoxy) is 1. The molecule has 0 aliphatic carbocycles. The highest BCUT2D eigenvalue weighted by Gasteiger charge is 2.31. The van der Waals surface area contributed by atoms with Gasteiger partial charge in [0.2, 0.25) is 0 Å². The standard InChI is InChI=1S/C20H24N6O2/c1-23-7-2-3-17(23)20(27)25-8-6-15(13-25)19-21-18-5-4-16(14-26(18)22-19)24-9-11-28-12-10-24/h2-5,7,14-15H,6,8-13H2,1H3/t15-/m0/s1. The molecule has 2 aliphatic heterocycles. The molecule has 0 radical (unpaired) electrons. The average molecular weight is 380 g/mol. The number of aromatic nitrogens is 4. The smallest absolute Gasteiger partial charge is 0.270 e. The van der Waals surface area contributed by atoms with Crippen LogP contribution >= 0.6 is 0 Å². The molecular formula is C20H24N6O2. The van der Waals surface area contributed by atoms with E-state index in [1.165, 1.54) is 0 Å². The van der Waals surface area contributed by atoms with E-state index in [0.717, 1.165) is 62.1 Å². The summed E-state index contributed by atoms with van der Waals surface area (Å²) in [7, 11) is 1.90. The maximum Gasteiger partial charge on any atom is 0.270 e. The molecule has 0 aromatic carbocycles. The molecule has 8 nitrogen and oxygen atoms in total. The first-order valence-corrected chi connectivity index (χ1v) is 9.79. The molecule has 2 fully saturated rings. The maximum absolute atomic E-state index is 12.7. The predicted molar refractivity (Wildman–Crippen MR) is 105 cm³/mol. The molecule has 0 unspecified atom stereocenters. The predicted octanol–water partition coefficient (Wildman–Crippen LogP) is 1.53. The van der Waals surface area contributed by atoms with Crippen LogP contribution < -0.4 is 4.90 Å². The number of anilines is 1. The molecule has 146 valence electrons. The van der Waals surface area contributed by atoms with Gasteiger partial charge in [0.25, 0.3) is 5.91 Å². The minimum Gasteiger partial charge on any atom is -0.378 e. The van der Waals surface area contributed by atoms with Crippen molar-refractivity contribution in [1.29, 1.82) is 0 Å². The van der Waals surface area contributed by atoms with Gasteiger partial charge in [-0.2, -0.15) is 5.10 Å². The SMILES string of the molecule is Cn1cccc1C(=O)N1CC[C@H](c2nc3ccc(N4CCOCC4)cn3n2)C1. The number of rotatable bonds is 3. The summed E-state index contributed by atoms with van der Waals surface area (Å²) in [5.41, 5.74) is 2.71. The molecule has 3 aromatic rings. The van der Waals surface area contributed by atoms with Crippen molar-refractivity contribution in [2.45, 2.75) is 12.3 Å². The molecule has 0 saturated carbocycles. The summed E-state index contributed by atoms with van der Waals surface area (Å²) in [6, 6.07) is 7.88. The van der Waals surface area contributed by atoms with Crippen LogP contribution in [0.4, 0.5) is 5.69 Å². The van der Waals surface area contributed by atoms with Crippen molar-refractivity contribution in [3.63, 3.8) is 0 Å². The number of hydrogen-bond donors (Lipinski definition) is 0. The second kappa shape index (κ2) is 6.94. The van der Waals surface area contributed by atoms with E-state index in [9.17, 15) is 4.79 Å². The molecule has 1 amide bonds. The number of morpholine rings is 1. The highest BCUT2D eigenvalue weighted by Crippen LogP contribution is 2.27. The van der Waals surface area contributed by atoms with Gasteiger partial charge in [0.15, 0.2) is 11.5 Å². The third kappa shape index (κ3) is 3.03. The summed E-state index contributed by atoms with van der Waals surface area (Å²) in [4.78, 5) is 21.7. The summed E-state index contributed by atoms with van der Waals surface area (Å²) >= 11 is 0. The number of likely N-dealkylation sites (tertiary alicyclic amines) is 1. The van der Waals surface area contributed by atoms with Gasteiger partial charge in [-0.05, 0) is 30.7 Å². The van der Waals surface area contributed by atoms with Crippen molar-refractivity contribution in [2.75, 3.05) is 44.3 Å². The number of amides is 1. The molecule has 3 aromatic heterocycles. The van der Waals surface area contributed by atoms with Gasteiger partial charge in [0, 0.05) is 45.3 Å². The topological polar surface area (TPSA) is 67.9 Å². The van der Waals surface area contributed by atoms with Crippen LogP contribution in [-0.4, -0.2) is 69.4 Å². The van der Waals surface area contributed by atoms with E-state index < -0.39 is 0 Å². The van der Waals surface area contributed by atoms with Crippen LogP contribution in [0.25, 0.3) is 5.65 Å². The zero-order chi connectivity index (χ0) is 19.1. The monoisotopic (exact) mass is 380 g/mol. The number of pyridine rings is 1. The van der Waals surface area contributed by atoms with Gasteiger partial charge < -0.3 is 19.1 Å². The fraction of sp³-hybridized carbons (Fsp3) is 0.450. The second-order valence-corrected chi connectivity index (χ2v) is 7.50. The first kappa shape index (κ1) is 17.2. The van der Waals surface area contributed by atoms with Crippen LogP contribution in [0, 0.1) is 0 Å². The van der Waals surface area contributed by atoms with E-state index in [-0.39, 0.29) is 11.8 Å². The fourth-order valence-corrected chi connectivity index (χ4v) is 4.07. The van der Waals surface area contributed by atoms with Crippen LogP contribution in [-0.2, 0) is 11.8 Å². The summed E-state index contributed by atoms with van der Waals surface area (Å²) in [6.45, 7) is 4.71. The van der Waals surface area contributed by atoms with Gasteiger partial charge in [0.1, 0.15) is 5.69 Å². The molecule has 28 heavy (non-hydrogen) atoms. The first-order chi connectivity index (χ1) is 13.7. The Kier molecular flexibility index (Phi) is 4.27. The Balaban J connectivity index is 1.33. The average Bonchev–Trinajstić information content (AvgIpc) is 3.46. The van der Waals surface area contributed by atoms with Crippen molar-refractivity contribution in [2.24, 2.45) is 7.05 Å². The molecule has 8 heteroatoms. The lowest BCUT2D eigenvalue weighted by atomic mass is 10.1. The van der Waals surface area contributed by atoms with Crippen LogP contribution in [0.5, 0.6) is 0 Å². The van der Waals surface area contributed by atoms with Gasteiger partial charge in [0.05, 0.1) is 25.1 Å². The molecule has 5 heterocycles. The van der Waals surface area contributed by atoms with E-state index in [1.807, 2.05) is 51.6 Å². The van der Waals surface area contributed by atoms with E-state index in [2.05, 4.69) is 11.0 Å². The lowest BCUT2D eigenvalue weighted by molar-refractivity contribution is 0.0781. The van der Waals surface area contributed by atoms with Crippen LogP contribution in [0.3, 0.4) is 0 Å². The van der Waals surface area contributed by atoms with Gasteiger partial charge in [-0.3, -0.25) is 4.79 Å². The van der Waals surface area contributed by atoms with Crippen molar-refractivity contribution < 1.29 is 9.53 Å². The lowest BCUT2D eigenvalue weighted by Crippen LogP contribution is -2.36. The molecule has 5 rings (SSSR count). The minimum absolute atomic E-state index is 0.0772. The Hall–Kier alpha value is -2.87. The Morgan fingerprint density at radius 2 is 2.04 bits per heavy atom. The van der Waals surface area contributed by atoms with E-state index in [0.29, 0.717) is 6.54 Å². The molecule has 0 bridgehead atoms. The van der Waals surface area contributed by atoms with Crippen LogP contribution in [0.1, 0.15) is 28.7 Å². The summed E-state index contributed by atoms with van der Waals surface area (Å²) in [5.74, 6) is 1.07. The lowest BCUT2D eigenvalue weighted by Gasteiger charge is -2.28. The van der Waals surface area contributed by atoms with E-state index in [1.54, 1.807) is 0 Å². The Bertz CT molecular complexity index is 1000. The molecule has 2 saturated heterocycles. The zero-order valence-corrected chi connectivity index (χ0v) is 16.0. The minimum atomic E-state index is 0.0772. The van der Waals surface area contributed by atoms with E-state index in [4.69, 9.17) is 14.8 Å². The summed E-state index contributed by atoms with van der Waals surface area (Å²) in [6.07, 6.45) is 4.83. The number of fused-ring (bicyclic) bond motifs is 1. The zero-order valence-electron chi connectivity index (χ0n) is 16.0. The highest BCUT2D eigenvalue weighted by atomic mass is 16.5. The summed E-state index contributed by atoms with van der Waals surface area (Å²) in [5, 5.41) is 4.73. The van der Waals surface area contributed by atoms with Crippen LogP contribution in [0.2, 0.25) is 0 Å². The second-order valence-electron chi connectivity index (χ2n) is 7.50. The van der Waals surface area contributed by atoms with Crippen molar-refractivity contribution >= 4 is 17.2 Å². The molecule has 0 N–H and O–H groups in total. The number of nitrogens with zero attached hydrogens (tertiary/aromatic N) is 6. The Morgan fingerprint density at radius 3 is 2.82 bits per heavy atom. The van der Waals surface area contributed by atoms with Gasteiger partial charge in [-0.25, -0.2) is 9.50 Å². The van der Waals surface area contributed by atoms with Gasteiger partial charge >= 0.3 is 0 Å². The molecular weight excluding hydrogens is 356 g/mol. The summed E-state index contributed by atoms with van der Waals surface area (Å²) < 4.78 is 9.16. The van der Waals surface area contributed by atoms with Crippen molar-refractivity contribution in [3.8, 4) is 0 Å². The van der Waals surface area contributed by atoms with Crippen molar-refractivity contribution in [1.82, 2.24) is 24.1 Å². The van der Waals surface area contributed by atoms with Crippen molar-refractivity contribution in [3.05, 3.63) is 48.2 Å². The molecule has 1 atom stereocenters. The largest absolute Gasteiger partial charge is 0.378 e. The van der Waals surface area contributed by atoms with Gasteiger partial charge in [-0.15, -0.1) is 0 Å². The quantitative estimate of drug-likeness (QED) is 0.689. The Morgan fingerprint density at radius 1 is 1.18 bits per heavy atom. The number of hydrogen-bond acceptors (Lipinski definition) is 5. The normalized spacial score (nSPS) is 20.2. The third-order valence-electron chi connectivity index (χ3n) is 5.71. The number of aryl methyl sites for hydroxylation is 1. The third-order valence-corrected chi connectivity index (χ3v) is 5.71.